The van der Waals surface area contributed by atoms with E-state index in [2.05, 4.69) is 22.0 Å². The lowest BCUT2D eigenvalue weighted by Crippen LogP contribution is -2.34. The van der Waals surface area contributed by atoms with Crippen molar-refractivity contribution in [3.8, 4) is 5.75 Å². The van der Waals surface area contributed by atoms with Crippen LogP contribution in [0, 0.1) is 0 Å². The van der Waals surface area contributed by atoms with Crippen molar-refractivity contribution in [2.24, 2.45) is 0 Å². The van der Waals surface area contributed by atoms with Gasteiger partial charge in [0.15, 0.2) is 0 Å². The van der Waals surface area contributed by atoms with Gasteiger partial charge in [-0.15, -0.1) is 0 Å². The van der Waals surface area contributed by atoms with Crippen LogP contribution in [0.4, 0.5) is 17.5 Å². The summed E-state index contributed by atoms with van der Waals surface area (Å²) < 4.78 is 5.57. The lowest BCUT2D eigenvalue weighted by atomic mass is 9.88. The molecule has 0 spiro atoms. The van der Waals surface area contributed by atoms with E-state index in [4.69, 9.17) is 15.5 Å². The second-order valence-electron chi connectivity index (χ2n) is 7.52. The topological polar surface area (TPSA) is 67.5 Å². The first-order valence-corrected chi connectivity index (χ1v) is 9.69. The van der Waals surface area contributed by atoms with Crippen LogP contribution in [0.1, 0.15) is 24.3 Å². The predicted molar refractivity (Wildman–Crippen MR) is 115 cm³/mol. The Balaban J connectivity index is 1.64. The standard InChI is InChI=1S/C22H27N5O/c1-26(2)22-24-19-9-8-16(23)14-18(19)21(25-22)27-12-10-15(11-13-27)17-6-4-5-7-20(17)28-3/h4-9,14-15H,10-13,23H2,1-3H3. The quantitative estimate of drug-likeness (QED) is 0.700. The number of methoxy groups -OCH3 is 1. The Morgan fingerprint density at radius 1 is 1.07 bits per heavy atom. The average Bonchev–Trinajstić information content (AvgIpc) is 2.73. The zero-order valence-corrected chi connectivity index (χ0v) is 16.7. The SMILES string of the molecule is COc1ccccc1C1CCN(c2nc(N(C)C)nc3ccc(N)cc23)CC1. The molecule has 0 aliphatic carbocycles. The van der Waals surface area contributed by atoms with Gasteiger partial charge in [-0.2, -0.15) is 4.98 Å². The molecule has 1 aliphatic heterocycles. The average molecular weight is 377 g/mol. The van der Waals surface area contributed by atoms with Crippen molar-refractivity contribution in [3.05, 3.63) is 48.0 Å². The minimum atomic E-state index is 0.499. The highest BCUT2D eigenvalue weighted by Crippen LogP contribution is 2.37. The summed E-state index contributed by atoms with van der Waals surface area (Å²) in [6, 6.07) is 14.2. The van der Waals surface area contributed by atoms with Crippen LogP contribution >= 0.6 is 0 Å². The number of piperidine rings is 1. The van der Waals surface area contributed by atoms with E-state index in [-0.39, 0.29) is 0 Å². The molecule has 4 rings (SSSR count). The first-order chi connectivity index (χ1) is 13.6. The van der Waals surface area contributed by atoms with Crippen molar-refractivity contribution in [3.63, 3.8) is 0 Å². The van der Waals surface area contributed by atoms with Crippen LogP contribution in [0.3, 0.4) is 0 Å². The molecule has 0 bridgehead atoms. The molecule has 1 aromatic heterocycles. The summed E-state index contributed by atoms with van der Waals surface area (Å²) in [5.74, 6) is 3.17. The van der Waals surface area contributed by atoms with Crippen molar-refractivity contribution in [1.82, 2.24) is 9.97 Å². The molecule has 2 heterocycles. The first kappa shape index (κ1) is 18.3. The van der Waals surface area contributed by atoms with E-state index in [1.54, 1.807) is 7.11 Å². The number of nitrogens with two attached hydrogens (primary N) is 1. The van der Waals surface area contributed by atoms with Gasteiger partial charge in [0.2, 0.25) is 5.95 Å². The largest absolute Gasteiger partial charge is 0.496 e. The monoisotopic (exact) mass is 377 g/mol. The van der Waals surface area contributed by atoms with E-state index in [0.29, 0.717) is 5.92 Å². The van der Waals surface area contributed by atoms with E-state index in [1.165, 1.54) is 5.56 Å². The Labute approximate surface area is 165 Å². The van der Waals surface area contributed by atoms with Gasteiger partial charge in [-0.1, -0.05) is 18.2 Å². The highest BCUT2D eigenvalue weighted by atomic mass is 16.5. The smallest absolute Gasteiger partial charge is 0.227 e. The maximum atomic E-state index is 6.05. The third kappa shape index (κ3) is 3.42. The molecule has 0 amide bonds. The minimum absolute atomic E-state index is 0.499. The number of benzene rings is 2. The molecule has 0 radical (unpaired) electrons. The molecule has 1 aliphatic rings. The van der Waals surface area contributed by atoms with Gasteiger partial charge < -0.3 is 20.3 Å². The number of aromatic nitrogens is 2. The van der Waals surface area contributed by atoms with E-state index in [1.807, 2.05) is 49.3 Å². The predicted octanol–water partition coefficient (Wildman–Crippen LogP) is 3.67. The maximum Gasteiger partial charge on any atom is 0.227 e. The summed E-state index contributed by atoms with van der Waals surface area (Å²) in [5, 5.41) is 1.02. The molecule has 0 saturated carbocycles. The molecular formula is C22H27N5O. The number of anilines is 3. The molecule has 28 heavy (non-hydrogen) atoms. The van der Waals surface area contributed by atoms with Crippen LogP contribution in [-0.4, -0.2) is 44.3 Å². The summed E-state index contributed by atoms with van der Waals surface area (Å²) in [6.45, 7) is 1.88. The molecule has 0 atom stereocenters. The number of nitrogens with zero attached hydrogens (tertiary/aromatic N) is 4. The van der Waals surface area contributed by atoms with Gasteiger partial charge in [0.25, 0.3) is 0 Å². The molecule has 1 saturated heterocycles. The van der Waals surface area contributed by atoms with E-state index in [9.17, 15) is 0 Å². The van der Waals surface area contributed by atoms with Crippen molar-refractivity contribution >= 4 is 28.4 Å². The van der Waals surface area contributed by atoms with Gasteiger partial charge in [0.1, 0.15) is 11.6 Å². The Bertz CT molecular complexity index is 980. The first-order valence-electron chi connectivity index (χ1n) is 9.69. The van der Waals surface area contributed by atoms with Gasteiger partial charge >= 0.3 is 0 Å². The molecule has 3 aromatic rings. The van der Waals surface area contributed by atoms with Gasteiger partial charge in [-0.05, 0) is 48.6 Å². The Hall–Kier alpha value is -3.02. The van der Waals surface area contributed by atoms with Gasteiger partial charge in [0, 0.05) is 38.3 Å². The zero-order chi connectivity index (χ0) is 19.7. The molecule has 0 unspecified atom stereocenters. The zero-order valence-electron chi connectivity index (χ0n) is 16.7. The molecule has 146 valence electrons. The van der Waals surface area contributed by atoms with Gasteiger partial charge in [-0.25, -0.2) is 4.98 Å². The Morgan fingerprint density at radius 2 is 1.82 bits per heavy atom. The molecule has 2 aromatic carbocycles. The molecule has 6 nitrogen and oxygen atoms in total. The lowest BCUT2D eigenvalue weighted by Gasteiger charge is -2.34. The number of nitrogen functional groups attached to an aromatic ring is 1. The fraction of sp³-hybridized carbons (Fsp3) is 0.364. The minimum Gasteiger partial charge on any atom is -0.496 e. The summed E-state index contributed by atoms with van der Waals surface area (Å²) in [6.07, 6.45) is 2.12. The summed E-state index contributed by atoms with van der Waals surface area (Å²) >= 11 is 0. The molecule has 6 heteroatoms. The summed E-state index contributed by atoms with van der Waals surface area (Å²) in [7, 11) is 5.68. The Morgan fingerprint density at radius 3 is 2.54 bits per heavy atom. The number of hydrogen-bond donors (Lipinski definition) is 1. The van der Waals surface area contributed by atoms with Crippen LogP contribution in [-0.2, 0) is 0 Å². The normalized spacial score (nSPS) is 15.0. The molecule has 2 N–H and O–H groups in total. The number of fused-ring (bicyclic) bond motifs is 1. The van der Waals surface area contributed by atoms with Crippen LogP contribution < -0.4 is 20.3 Å². The fourth-order valence-corrected chi connectivity index (χ4v) is 3.96. The van der Waals surface area contributed by atoms with Gasteiger partial charge in [0.05, 0.1) is 12.6 Å². The number of rotatable bonds is 4. The van der Waals surface area contributed by atoms with Crippen LogP contribution in [0.15, 0.2) is 42.5 Å². The van der Waals surface area contributed by atoms with Gasteiger partial charge in [-0.3, -0.25) is 0 Å². The van der Waals surface area contributed by atoms with Crippen molar-refractivity contribution in [1.29, 1.82) is 0 Å². The lowest BCUT2D eigenvalue weighted by molar-refractivity contribution is 0.397. The Kier molecular flexibility index (Phi) is 4.94. The third-order valence-corrected chi connectivity index (χ3v) is 5.46. The van der Waals surface area contributed by atoms with E-state index >= 15 is 0 Å². The van der Waals surface area contributed by atoms with Crippen molar-refractivity contribution in [2.45, 2.75) is 18.8 Å². The highest BCUT2D eigenvalue weighted by Gasteiger charge is 2.25. The second-order valence-corrected chi connectivity index (χ2v) is 7.52. The number of ether oxygens (including phenoxy) is 1. The van der Waals surface area contributed by atoms with E-state index in [0.717, 1.165) is 60.0 Å². The summed E-state index contributed by atoms with van der Waals surface area (Å²) in [5.41, 5.74) is 9.01. The maximum absolute atomic E-state index is 6.05. The fourth-order valence-electron chi connectivity index (χ4n) is 3.96. The highest BCUT2D eigenvalue weighted by molar-refractivity contribution is 5.92. The van der Waals surface area contributed by atoms with Crippen molar-refractivity contribution in [2.75, 3.05) is 49.8 Å². The van der Waals surface area contributed by atoms with Crippen LogP contribution in [0.5, 0.6) is 5.75 Å². The summed E-state index contributed by atoms with van der Waals surface area (Å²) in [4.78, 5) is 13.8. The second kappa shape index (κ2) is 7.54. The third-order valence-electron chi connectivity index (χ3n) is 5.46. The van der Waals surface area contributed by atoms with Crippen molar-refractivity contribution < 1.29 is 4.74 Å². The molecular weight excluding hydrogens is 350 g/mol. The number of hydrogen-bond acceptors (Lipinski definition) is 6. The molecule has 1 fully saturated rings. The number of para-hydroxylation sites is 1. The van der Waals surface area contributed by atoms with Crippen LogP contribution in [0.2, 0.25) is 0 Å². The van der Waals surface area contributed by atoms with E-state index < -0.39 is 0 Å². The van der Waals surface area contributed by atoms with Crippen LogP contribution in [0.25, 0.3) is 10.9 Å².